The van der Waals surface area contributed by atoms with Crippen LogP contribution in [-0.4, -0.2) is 42.8 Å². The smallest absolute Gasteiger partial charge is 0.229 e. The molecule has 9 heteroatoms. The molecule has 1 saturated carbocycles. The Labute approximate surface area is 198 Å². The molecule has 2 aromatic heterocycles. The van der Waals surface area contributed by atoms with E-state index in [2.05, 4.69) is 33.8 Å². The second kappa shape index (κ2) is 7.99. The highest BCUT2D eigenvalue weighted by Gasteiger charge is 2.46. The molecular formula is C25H29N7O2. The van der Waals surface area contributed by atoms with Crippen LogP contribution in [0.2, 0.25) is 0 Å². The molecule has 1 atom stereocenters. The number of hydrogen-bond acceptors (Lipinski definition) is 9. The van der Waals surface area contributed by atoms with Crippen molar-refractivity contribution in [3.63, 3.8) is 0 Å². The minimum absolute atomic E-state index is 0.210. The summed E-state index contributed by atoms with van der Waals surface area (Å²) < 4.78 is 0. The third-order valence-corrected chi connectivity index (χ3v) is 6.60. The molecule has 3 aliphatic rings. The first-order chi connectivity index (χ1) is 16.4. The molecule has 34 heavy (non-hydrogen) atoms. The third-order valence-electron chi connectivity index (χ3n) is 6.60. The highest BCUT2D eigenvalue weighted by Crippen LogP contribution is 2.47. The summed E-state index contributed by atoms with van der Waals surface area (Å²) in [5.41, 5.74) is 3.68. The summed E-state index contributed by atoms with van der Waals surface area (Å²) in [6.07, 6.45) is 3.86. The zero-order valence-corrected chi connectivity index (χ0v) is 19.4. The van der Waals surface area contributed by atoms with Gasteiger partial charge in [0.15, 0.2) is 12.0 Å². The lowest BCUT2D eigenvalue weighted by Gasteiger charge is -2.31. The maximum absolute atomic E-state index is 11.1. The first-order valence-electron chi connectivity index (χ1n) is 11.8. The van der Waals surface area contributed by atoms with E-state index in [9.17, 15) is 10.2 Å². The zero-order chi connectivity index (χ0) is 23.4. The summed E-state index contributed by atoms with van der Waals surface area (Å²) >= 11 is 0. The van der Waals surface area contributed by atoms with Gasteiger partial charge in [-0.2, -0.15) is 9.99 Å². The number of aliphatic hydroxyl groups is 2. The molecular weight excluding hydrogens is 430 g/mol. The van der Waals surface area contributed by atoms with Gasteiger partial charge in [0.05, 0.1) is 11.3 Å². The van der Waals surface area contributed by atoms with E-state index in [1.807, 2.05) is 22.2 Å². The Morgan fingerprint density at radius 1 is 1.12 bits per heavy atom. The van der Waals surface area contributed by atoms with Crippen LogP contribution in [0, 0.1) is 0 Å². The van der Waals surface area contributed by atoms with E-state index < -0.39 is 11.8 Å². The molecule has 1 unspecified atom stereocenters. The van der Waals surface area contributed by atoms with E-state index >= 15 is 0 Å². The Bertz CT molecular complexity index is 1240. The standard InChI is InChI=1S/C25H29N7O2/c1-25(2,34)20-4-3-5-21(29-20)32-22-19(23(33)31(32)18-8-9-18)14-27-24(30-22)28-17-7-6-15-10-11-26-13-16(15)12-17/h3-7,12,14,18,23,26,33-34H,8-11,13H2,1-2H3,(H,27,28,30). The number of aliphatic hydroxyl groups excluding tert-OH is 1. The van der Waals surface area contributed by atoms with Gasteiger partial charge in [0.1, 0.15) is 11.4 Å². The van der Waals surface area contributed by atoms with E-state index in [0.29, 0.717) is 28.8 Å². The van der Waals surface area contributed by atoms with Crippen molar-refractivity contribution in [3.8, 4) is 0 Å². The third kappa shape index (κ3) is 3.80. The molecule has 0 amide bonds. The first-order valence-corrected chi connectivity index (χ1v) is 11.8. The van der Waals surface area contributed by atoms with Gasteiger partial charge in [0.25, 0.3) is 0 Å². The van der Waals surface area contributed by atoms with Crippen LogP contribution in [0.1, 0.15) is 55.3 Å². The van der Waals surface area contributed by atoms with Crippen molar-refractivity contribution >= 4 is 23.3 Å². The maximum atomic E-state index is 11.1. The van der Waals surface area contributed by atoms with E-state index in [0.717, 1.165) is 38.0 Å². The van der Waals surface area contributed by atoms with Crippen molar-refractivity contribution in [2.75, 3.05) is 16.9 Å². The Hall–Kier alpha value is -3.11. The lowest BCUT2D eigenvalue weighted by atomic mass is 10.0. The largest absolute Gasteiger partial charge is 0.384 e. The molecule has 0 spiro atoms. The van der Waals surface area contributed by atoms with Crippen LogP contribution in [0.15, 0.2) is 42.6 Å². The number of anilines is 4. The lowest BCUT2D eigenvalue weighted by Crippen LogP contribution is -2.39. The second-order valence-corrected chi connectivity index (χ2v) is 9.74. The number of rotatable bonds is 5. The van der Waals surface area contributed by atoms with E-state index in [4.69, 9.17) is 9.97 Å². The highest BCUT2D eigenvalue weighted by molar-refractivity contribution is 5.66. The topological polar surface area (TPSA) is 110 Å². The number of aromatic nitrogens is 3. The van der Waals surface area contributed by atoms with Crippen LogP contribution in [0.4, 0.5) is 23.3 Å². The number of hydrogen-bond donors (Lipinski definition) is 4. The number of nitrogens with zero attached hydrogens (tertiary/aromatic N) is 5. The molecule has 1 aliphatic carbocycles. The van der Waals surface area contributed by atoms with Gasteiger partial charge in [-0.1, -0.05) is 12.1 Å². The van der Waals surface area contributed by atoms with Crippen molar-refractivity contribution in [3.05, 3.63) is 65.0 Å². The zero-order valence-electron chi connectivity index (χ0n) is 19.4. The number of nitrogens with one attached hydrogen (secondary N) is 2. The molecule has 0 saturated heterocycles. The molecule has 3 aromatic rings. The Morgan fingerprint density at radius 3 is 2.76 bits per heavy atom. The number of hydrazine groups is 1. The normalized spacial score (nSPS) is 20.2. The van der Waals surface area contributed by atoms with Gasteiger partial charge in [-0.05, 0) is 75.0 Å². The fourth-order valence-corrected chi connectivity index (χ4v) is 4.65. The molecule has 4 heterocycles. The summed E-state index contributed by atoms with van der Waals surface area (Å²) in [6, 6.07) is 12.1. The summed E-state index contributed by atoms with van der Waals surface area (Å²) in [4.78, 5) is 14.0. The van der Waals surface area contributed by atoms with E-state index in [1.54, 1.807) is 26.1 Å². The van der Waals surface area contributed by atoms with Crippen LogP contribution in [0.3, 0.4) is 0 Å². The lowest BCUT2D eigenvalue weighted by molar-refractivity contribution is 0.00985. The molecule has 2 aliphatic heterocycles. The van der Waals surface area contributed by atoms with Gasteiger partial charge < -0.3 is 20.8 Å². The predicted molar refractivity (Wildman–Crippen MR) is 129 cm³/mol. The molecule has 1 fully saturated rings. The minimum atomic E-state index is -1.08. The first kappa shape index (κ1) is 21.4. The number of fused-ring (bicyclic) bond motifs is 2. The summed E-state index contributed by atoms with van der Waals surface area (Å²) in [7, 11) is 0. The number of pyridine rings is 1. The van der Waals surface area contributed by atoms with Crippen LogP contribution in [0.25, 0.3) is 0 Å². The summed E-state index contributed by atoms with van der Waals surface area (Å²) in [5.74, 6) is 1.65. The maximum Gasteiger partial charge on any atom is 0.229 e. The van der Waals surface area contributed by atoms with Gasteiger partial charge in [-0.25, -0.2) is 15.0 Å². The van der Waals surface area contributed by atoms with Gasteiger partial charge in [0.2, 0.25) is 5.95 Å². The van der Waals surface area contributed by atoms with E-state index in [-0.39, 0.29) is 6.04 Å². The van der Waals surface area contributed by atoms with Crippen molar-refractivity contribution in [1.29, 1.82) is 0 Å². The van der Waals surface area contributed by atoms with Crippen molar-refractivity contribution < 1.29 is 10.2 Å². The quantitative estimate of drug-likeness (QED) is 0.458. The monoisotopic (exact) mass is 459 g/mol. The Balaban J connectivity index is 1.37. The summed E-state index contributed by atoms with van der Waals surface area (Å²) in [6.45, 7) is 5.28. The fraction of sp³-hybridized carbons (Fsp3) is 0.400. The molecule has 0 bridgehead atoms. The fourth-order valence-electron chi connectivity index (χ4n) is 4.65. The SMILES string of the molecule is CC(C)(O)c1cccc(N2c3nc(Nc4ccc5c(c4)CNCC5)ncc3C(O)N2C2CC2)n1. The Kier molecular flexibility index (Phi) is 5.03. The van der Waals surface area contributed by atoms with E-state index in [1.165, 1.54) is 11.1 Å². The highest BCUT2D eigenvalue weighted by atomic mass is 16.3. The molecule has 6 rings (SSSR count). The van der Waals surface area contributed by atoms with Gasteiger partial charge >= 0.3 is 0 Å². The van der Waals surface area contributed by atoms with Gasteiger partial charge in [0, 0.05) is 24.5 Å². The van der Waals surface area contributed by atoms with Crippen LogP contribution >= 0.6 is 0 Å². The second-order valence-electron chi connectivity index (χ2n) is 9.74. The van der Waals surface area contributed by atoms with Crippen LogP contribution < -0.4 is 15.6 Å². The Morgan fingerprint density at radius 2 is 1.97 bits per heavy atom. The average Bonchev–Trinajstić information content (AvgIpc) is 3.62. The molecule has 176 valence electrons. The van der Waals surface area contributed by atoms with Crippen molar-refractivity contribution in [2.24, 2.45) is 0 Å². The van der Waals surface area contributed by atoms with Crippen molar-refractivity contribution in [2.45, 2.75) is 57.5 Å². The predicted octanol–water partition coefficient (Wildman–Crippen LogP) is 3.01. The van der Waals surface area contributed by atoms with Gasteiger partial charge in [-0.3, -0.25) is 0 Å². The van der Waals surface area contributed by atoms with Gasteiger partial charge in [-0.15, -0.1) is 0 Å². The summed E-state index contributed by atoms with van der Waals surface area (Å²) in [5, 5.41) is 32.2. The molecule has 0 radical (unpaired) electrons. The van der Waals surface area contributed by atoms with Crippen molar-refractivity contribution in [1.82, 2.24) is 25.3 Å². The van der Waals surface area contributed by atoms with Crippen LogP contribution in [-0.2, 0) is 18.6 Å². The molecule has 9 nitrogen and oxygen atoms in total. The average molecular weight is 460 g/mol. The molecule has 4 N–H and O–H groups in total. The molecule has 1 aromatic carbocycles. The van der Waals surface area contributed by atoms with Crippen LogP contribution in [0.5, 0.6) is 0 Å². The minimum Gasteiger partial charge on any atom is -0.384 e. The number of benzene rings is 1.